The second kappa shape index (κ2) is 12.5. The smallest absolute Gasteiger partial charge is 0.206 e. The average Bonchev–Trinajstić information content (AvgIpc) is 3.09. The molecule has 4 heterocycles. The molecule has 2 N–H and O–H groups in total. The van der Waals surface area contributed by atoms with Gasteiger partial charge in [0.2, 0.25) is 9.84 Å². The summed E-state index contributed by atoms with van der Waals surface area (Å²) < 4.78 is 26.7. The lowest BCUT2D eigenvalue weighted by Crippen LogP contribution is -2.34. The Morgan fingerprint density at radius 1 is 0.532 bits per heavy atom. The highest BCUT2D eigenvalue weighted by Crippen LogP contribution is 2.37. The lowest BCUT2D eigenvalue weighted by molar-refractivity contribution is 0.596. The Labute approximate surface area is 277 Å². The van der Waals surface area contributed by atoms with E-state index in [0.29, 0.717) is 0 Å². The molecule has 0 saturated carbocycles. The van der Waals surface area contributed by atoms with Crippen LogP contribution in [-0.4, -0.2) is 47.0 Å². The van der Waals surface area contributed by atoms with Crippen LogP contribution >= 0.6 is 0 Å². The molecule has 0 aromatic heterocycles. The molecule has 0 bridgehead atoms. The summed E-state index contributed by atoms with van der Waals surface area (Å²) in [5.74, 6) is 0. The topological polar surface area (TPSA) is 89.4 Å². The summed E-state index contributed by atoms with van der Waals surface area (Å²) in [5, 5.41) is 8.90. The molecule has 0 saturated heterocycles. The van der Waals surface area contributed by atoms with Crippen LogP contribution in [0.25, 0.3) is 0 Å². The maximum Gasteiger partial charge on any atom is 0.206 e. The van der Waals surface area contributed by atoms with Gasteiger partial charge in [-0.2, -0.15) is 10.2 Å². The lowest BCUT2D eigenvalue weighted by Gasteiger charge is -2.37. The minimum absolute atomic E-state index is 0.235. The van der Waals surface area contributed by atoms with Gasteiger partial charge in [0.05, 0.1) is 33.6 Å². The minimum atomic E-state index is -3.67. The van der Waals surface area contributed by atoms with E-state index in [1.165, 1.54) is 59.3 Å². The summed E-state index contributed by atoms with van der Waals surface area (Å²) in [6.07, 6.45) is 13.0. The van der Waals surface area contributed by atoms with Crippen LogP contribution in [0, 0.1) is 0 Å². The first-order valence-corrected chi connectivity index (χ1v) is 18.3. The molecule has 240 valence electrons. The van der Waals surface area contributed by atoms with Crippen molar-refractivity contribution in [2.75, 3.05) is 46.8 Å². The zero-order valence-corrected chi connectivity index (χ0v) is 27.4. The van der Waals surface area contributed by atoms with E-state index in [-0.39, 0.29) is 9.79 Å². The minimum Gasteiger partial charge on any atom is -0.371 e. The zero-order valence-electron chi connectivity index (χ0n) is 26.6. The van der Waals surface area contributed by atoms with Crippen molar-refractivity contribution in [1.82, 2.24) is 0 Å². The first kappa shape index (κ1) is 29.8. The number of benzene rings is 4. The van der Waals surface area contributed by atoms with Crippen molar-refractivity contribution in [2.45, 2.75) is 61.2 Å². The van der Waals surface area contributed by atoms with Crippen molar-refractivity contribution in [2.24, 2.45) is 10.2 Å². The van der Waals surface area contributed by atoms with Crippen molar-refractivity contribution < 1.29 is 8.42 Å². The van der Waals surface area contributed by atoms with Gasteiger partial charge in [-0.15, -0.1) is 0 Å². The molecular formula is C38H40N6O2S. The van der Waals surface area contributed by atoms with Gasteiger partial charge < -0.3 is 9.80 Å². The van der Waals surface area contributed by atoms with Crippen molar-refractivity contribution in [1.29, 1.82) is 0 Å². The van der Waals surface area contributed by atoms with Gasteiger partial charge in [0.1, 0.15) is 0 Å². The third-order valence-corrected chi connectivity index (χ3v) is 11.6. The number of hydrogen-bond donors (Lipinski definition) is 2. The highest BCUT2D eigenvalue weighted by atomic mass is 32.2. The summed E-state index contributed by atoms with van der Waals surface area (Å²) >= 11 is 0. The van der Waals surface area contributed by atoms with Gasteiger partial charge in [0, 0.05) is 37.6 Å². The molecule has 0 unspecified atom stereocenters. The summed E-state index contributed by atoms with van der Waals surface area (Å²) in [6.45, 7) is 4.64. The molecule has 8 nitrogen and oxygen atoms in total. The quantitative estimate of drug-likeness (QED) is 0.162. The molecule has 47 heavy (non-hydrogen) atoms. The standard InChI is InChI=1S/C38H40N6O2S/c45-47(46,35-13-9-33(10-14-35)41-39-25-27-21-29-5-1-17-43-18-2-6-30(22-27)37(29)43)36-15-11-34(12-16-36)42-40-26-28-23-31-7-3-19-44-20-4-8-32(24-28)38(31)44/h9-16,21-26,41-42H,1-8,17-20H2/b39-25+,40-26+. The maximum absolute atomic E-state index is 13.4. The Hall–Kier alpha value is -4.63. The first-order chi connectivity index (χ1) is 23.0. The Kier molecular flexibility index (Phi) is 7.93. The number of nitrogens with zero attached hydrogens (tertiary/aromatic N) is 4. The number of rotatable bonds is 8. The van der Waals surface area contributed by atoms with E-state index in [1.54, 1.807) is 48.5 Å². The van der Waals surface area contributed by atoms with Crippen molar-refractivity contribution in [3.05, 3.63) is 106 Å². The molecular weight excluding hydrogens is 605 g/mol. The monoisotopic (exact) mass is 644 g/mol. The Morgan fingerprint density at radius 3 is 1.21 bits per heavy atom. The molecule has 0 fully saturated rings. The van der Waals surface area contributed by atoms with Gasteiger partial charge in [-0.1, -0.05) is 0 Å². The third-order valence-electron chi connectivity index (χ3n) is 9.85. The van der Waals surface area contributed by atoms with Gasteiger partial charge in [-0.05, 0) is 158 Å². The molecule has 0 aliphatic carbocycles. The van der Waals surface area contributed by atoms with E-state index in [9.17, 15) is 8.42 Å². The molecule has 0 spiro atoms. The Morgan fingerprint density at radius 2 is 0.872 bits per heavy atom. The lowest BCUT2D eigenvalue weighted by atomic mass is 9.90. The Bertz CT molecular complexity index is 1770. The molecule has 4 aromatic rings. The number of hydrazone groups is 2. The van der Waals surface area contributed by atoms with E-state index in [2.05, 4.69) is 55.1 Å². The molecule has 4 aromatic carbocycles. The number of anilines is 4. The van der Waals surface area contributed by atoms with Crippen LogP contribution in [0.3, 0.4) is 0 Å². The van der Waals surface area contributed by atoms with E-state index >= 15 is 0 Å². The summed E-state index contributed by atoms with van der Waals surface area (Å²) in [6, 6.07) is 22.5. The normalized spacial score (nSPS) is 17.1. The first-order valence-electron chi connectivity index (χ1n) is 16.9. The van der Waals surface area contributed by atoms with Gasteiger partial charge >= 0.3 is 0 Å². The van der Waals surface area contributed by atoms with Crippen LogP contribution < -0.4 is 20.7 Å². The molecule has 4 aliphatic rings. The predicted molar refractivity (Wildman–Crippen MR) is 191 cm³/mol. The van der Waals surface area contributed by atoms with Gasteiger partial charge in [-0.25, -0.2) is 8.42 Å². The zero-order chi connectivity index (χ0) is 31.8. The number of sulfone groups is 1. The molecule has 4 aliphatic heterocycles. The van der Waals surface area contributed by atoms with E-state index in [0.717, 1.165) is 74.4 Å². The van der Waals surface area contributed by atoms with Crippen LogP contribution in [0.5, 0.6) is 0 Å². The van der Waals surface area contributed by atoms with Crippen LogP contribution in [-0.2, 0) is 35.5 Å². The summed E-state index contributed by atoms with van der Waals surface area (Å²) in [5.41, 5.74) is 18.3. The molecule has 0 amide bonds. The van der Waals surface area contributed by atoms with Gasteiger partial charge in [0.25, 0.3) is 0 Å². The van der Waals surface area contributed by atoms with E-state index in [4.69, 9.17) is 0 Å². The summed E-state index contributed by atoms with van der Waals surface area (Å²) in [7, 11) is -3.67. The second-order valence-electron chi connectivity index (χ2n) is 13.1. The van der Waals surface area contributed by atoms with Crippen LogP contribution in [0.2, 0.25) is 0 Å². The summed E-state index contributed by atoms with van der Waals surface area (Å²) in [4.78, 5) is 5.54. The van der Waals surface area contributed by atoms with Crippen molar-refractivity contribution in [3.8, 4) is 0 Å². The van der Waals surface area contributed by atoms with Crippen LogP contribution in [0.4, 0.5) is 22.7 Å². The fraction of sp³-hybridized carbons (Fsp3) is 0.316. The fourth-order valence-electron chi connectivity index (χ4n) is 7.73. The van der Waals surface area contributed by atoms with Crippen LogP contribution in [0.1, 0.15) is 59.1 Å². The SMILES string of the molecule is O=S(=O)(c1ccc(N/N=C/c2cc3c4c(c2)CCCN4CCC3)cc1)c1ccc(N/N=C/c2cc3c4c(c2)CCCN4CCC3)cc1. The molecule has 0 atom stereocenters. The molecule has 8 rings (SSSR count). The molecule has 0 radical (unpaired) electrons. The number of hydrogen-bond acceptors (Lipinski definition) is 8. The van der Waals surface area contributed by atoms with Crippen molar-refractivity contribution in [3.63, 3.8) is 0 Å². The maximum atomic E-state index is 13.4. The van der Waals surface area contributed by atoms with Crippen molar-refractivity contribution >= 4 is 45.0 Å². The number of nitrogens with one attached hydrogen (secondary N) is 2. The average molecular weight is 645 g/mol. The largest absolute Gasteiger partial charge is 0.371 e. The van der Waals surface area contributed by atoms with E-state index < -0.39 is 9.84 Å². The predicted octanol–water partition coefficient (Wildman–Crippen LogP) is 6.81. The highest BCUT2D eigenvalue weighted by molar-refractivity contribution is 7.91. The third kappa shape index (κ3) is 6.00. The van der Waals surface area contributed by atoms with E-state index in [1.807, 2.05) is 12.4 Å². The van der Waals surface area contributed by atoms with Crippen LogP contribution in [0.15, 0.2) is 92.8 Å². The fourth-order valence-corrected chi connectivity index (χ4v) is 8.99. The highest BCUT2D eigenvalue weighted by Gasteiger charge is 2.25. The number of aryl methyl sites for hydroxylation is 4. The van der Waals surface area contributed by atoms with Gasteiger partial charge in [0.15, 0.2) is 0 Å². The second-order valence-corrected chi connectivity index (χ2v) is 15.0. The van der Waals surface area contributed by atoms with Gasteiger partial charge in [-0.3, -0.25) is 10.9 Å². The Balaban J connectivity index is 0.895. The molecule has 9 heteroatoms.